The van der Waals surface area contributed by atoms with Gasteiger partial charge in [-0.15, -0.1) is 0 Å². The van der Waals surface area contributed by atoms with Crippen molar-refractivity contribution < 1.29 is 9.53 Å². The van der Waals surface area contributed by atoms with Gasteiger partial charge in [0.2, 0.25) is 0 Å². The van der Waals surface area contributed by atoms with E-state index in [2.05, 4.69) is 10.6 Å². The van der Waals surface area contributed by atoms with Gasteiger partial charge >= 0.3 is 6.03 Å². The van der Waals surface area contributed by atoms with Crippen LogP contribution >= 0.6 is 0 Å². The van der Waals surface area contributed by atoms with Crippen LogP contribution in [0.2, 0.25) is 0 Å². The summed E-state index contributed by atoms with van der Waals surface area (Å²) in [6, 6.07) is -0.149. The molecule has 0 fully saturated rings. The van der Waals surface area contributed by atoms with E-state index in [0.29, 0.717) is 19.7 Å². The minimum absolute atomic E-state index is 0.00172. The Morgan fingerprint density at radius 3 is 2.79 bits per heavy atom. The fraction of sp³-hybridized carbons (Fsp3) is 0.889. The molecule has 0 rings (SSSR count). The first-order chi connectivity index (χ1) is 6.74. The van der Waals surface area contributed by atoms with Crippen LogP contribution in [0.1, 0.15) is 19.8 Å². The zero-order chi connectivity index (χ0) is 10.8. The van der Waals surface area contributed by atoms with Gasteiger partial charge in [0.05, 0.1) is 12.6 Å². The number of nitrogens with one attached hydrogen (secondary N) is 2. The van der Waals surface area contributed by atoms with Crippen LogP contribution in [0.5, 0.6) is 0 Å². The third kappa shape index (κ3) is 6.68. The Hall–Kier alpha value is -0.810. The third-order valence-corrected chi connectivity index (χ3v) is 1.75. The lowest BCUT2D eigenvalue weighted by Crippen LogP contribution is -2.45. The number of amides is 2. The minimum atomic E-state index is -0.151. The van der Waals surface area contributed by atoms with E-state index in [1.165, 1.54) is 0 Å². The predicted molar refractivity (Wildman–Crippen MR) is 56.2 cm³/mol. The second kappa shape index (κ2) is 8.77. The molecule has 0 bridgehead atoms. The highest BCUT2D eigenvalue weighted by Gasteiger charge is 2.09. The van der Waals surface area contributed by atoms with E-state index in [9.17, 15) is 4.79 Å². The van der Waals surface area contributed by atoms with Crippen LogP contribution in [0, 0.1) is 0 Å². The van der Waals surface area contributed by atoms with Crippen LogP contribution in [-0.4, -0.2) is 38.9 Å². The van der Waals surface area contributed by atoms with E-state index in [4.69, 9.17) is 10.5 Å². The van der Waals surface area contributed by atoms with Gasteiger partial charge in [-0.2, -0.15) is 0 Å². The number of nitrogens with two attached hydrogens (primary N) is 1. The number of hydrogen-bond donors (Lipinski definition) is 3. The van der Waals surface area contributed by atoms with Crippen LogP contribution in [0.15, 0.2) is 0 Å². The second-order valence-corrected chi connectivity index (χ2v) is 3.13. The quantitative estimate of drug-likeness (QED) is 0.547. The summed E-state index contributed by atoms with van der Waals surface area (Å²) in [5.41, 5.74) is 5.41. The Morgan fingerprint density at radius 1 is 1.57 bits per heavy atom. The van der Waals surface area contributed by atoms with Crippen molar-refractivity contribution in [1.29, 1.82) is 0 Å². The van der Waals surface area contributed by atoms with Gasteiger partial charge in [0.1, 0.15) is 0 Å². The highest BCUT2D eigenvalue weighted by Crippen LogP contribution is 1.90. The molecular weight excluding hydrogens is 182 g/mol. The van der Waals surface area contributed by atoms with E-state index in [0.717, 1.165) is 12.8 Å². The van der Waals surface area contributed by atoms with Gasteiger partial charge in [-0.1, -0.05) is 6.92 Å². The van der Waals surface area contributed by atoms with Gasteiger partial charge in [0.25, 0.3) is 0 Å². The van der Waals surface area contributed by atoms with Crippen LogP contribution in [0.4, 0.5) is 4.79 Å². The summed E-state index contributed by atoms with van der Waals surface area (Å²) in [6.07, 6.45) is 1.66. The highest BCUT2D eigenvalue weighted by atomic mass is 16.5. The molecule has 2 amide bonds. The van der Waals surface area contributed by atoms with E-state index < -0.39 is 0 Å². The monoisotopic (exact) mass is 203 g/mol. The molecule has 0 aromatic heterocycles. The SMILES string of the molecule is CCCNC(=O)NC(CCN)COC. The molecule has 0 radical (unpaired) electrons. The Balaban J connectivity index is 3.71. The molecule has 0 aliphatic carbocycles. The third-order valence-electron chi connectivity index (χ3n) is 1.75. The van der Waals surface area contributed by atoms with Gasteiger partial charge in [-0.3, -0.25) is 0 Å². The fourth-order valence-electron chi connectivity index (χ4n) is 1.07. The average Bonchev–Trinajstić information content (AvgIpc) is 2.15. The fourth-order valence-corrected chi connectivity index (χ4v) is 1.07. The minimum Gasteiger partial charge on any atom is -0.383 e. The first-order valence-corrected chi connectivity index (χ1v) is 4.98. The average molecular weight is 203 g/mol. The van der Waals surface area contributed by atoms with Crippen LogP contribution in [0.25, 0.3) is 0 Å². The molecule has 5 heteroatoms. The van der Waals surface area contributed by atoms with Crippen LogP contribution < -0.4 is 16.4 Å². The normalized spacial score (nSPS) is 12.2. The zero-order valence-corrected chi connectivity index (χ0v) is 9.01. The number of carbonyl (C=O) groups excluding carboxylic acids is 1. The van der Waals surface area contributed by atoms with E-state index >= 15 is 0 Å². The molecule has 14 heavy (non-hydrogen) atoms. The van der Waals surface area contributed by atoms with Gasteiger partial charge in [0.15, 0.2) is 0 Å². The summed E-state index contributed by atoms with van der Waals surface area (Å²) >= 11 is 0. The van der Waals surface area contributed by atoms with E-state index in [1.54, 1.807) is 7.11 Å². The molecule has 0 saturated heterocycles. The number of ether oxygens (including phenoxy) is 1. The lowest BCUT2D eigenvalue weighted by molar-refractivity contribution is 0.162. The topological polar surface area (TPSA) is 76.4 Å². The molecule has 0 saturated carbocycles. The molecule has 0 spiro atoms. The summed E-state index contributed by atoms with van der Waals surface area (Å²) in [5, 5.41) is 5.53. The van der Waals surface area contributed by atoms with Crippen molar-refractivity contribution >= 4 is 6.03 Å². The summed E-state index contributed by atoms with van der Waals surface area (Å²) < 4.78 is 4.96. The maximum atomic E-state index is 11.2. The van der Waals surface area contributed by atoms with Crippen molar-refractivity contribution in [2.24, 2.45) is 5.73 Å². The summed E-state index contributed by atoms with van der Waals surface area (Å²) in [6.45, 7) is 3.74. The van der Waals surface area contributed by atoms with Crippen molar-refractivity contribution in [3.8, 4) is 0 Å². The Kier molecular flexibility index (Phi) is 8.27. The second-order valence-electron chi connectivity index (χ2n) is 3.13. The maximum absolute atomic E-state index is 11.2. The standard InChI is InChI=1S/C9H21N3O2/c1-3-6-11-9(13)12-8(4-5-10)7-14-2/h8H,3-7,10H2,1-2H3,(H2,11,12,13). The first kappa shape index (κ1) is 13.2. The number of carbonyl (C=O) groups is 1. The Bertz CT molecular complexity index is 147. The molecule has 0 aliphatic heterocycles. The lowest BCUT2D eigenvalue weighted by Gasteiger charge is -2.17. The lowest BCUT2D eigenvalue weighted by atomic mass is 10.2. The number of urea groups is 1. The number of methoxy groups -OCH3 is 1. The van der Waals surface area contributed by atoms with E-state index in [1.807, 2.05) is 6.92 Å². The van der Waals surface area contributed by atoms with Crippen molar-refractivity contribution in [3.63, 3.8) is 0 Å². The zero-order valence-electron chi connectivity index (χ0n) is 9.01. The molecular formula is C9H21N3O2. The first-order valence-electron chi connectivity index (χ1n) is 4.98. The molecule has 0 aromatic carbocycles. The van der Waals surface area contributed by atoms with Gasteiger partial charge in [-0.25, -0.2) is 4.79 Å². The molecule has 84 valence electrons. The summed E-state index contributed by atoms with van der Waals surface area (Å²) in [7, 11) is 1.61. The van der Waals surface area contributed by atoms with Gasteiger partial charge in [-0.05, 0) is 19.4 Å². The van der Waals surface area contributed by atoms with Crippen LogP contribution in [-0.2, 0) is 4.74 Å². The molecule has 4 N–H and O–H groups in total. The largest absolute Gasteiger partial charge is 0.383 e. The molecule has 0 aromatic rings. The summed E-state index contributed by atoms with van der Waals surface area (Å²) in [5.74, 6) is 0. The van der Waals surface area contributed by atoms with Crippen LogP contribution in [0.3, 0.4) is 0 Å². The predicted octanol–water partition coefficient (Wildman–Crippen LogP) is 0.0594. The Labute approximate surface area is 85.4 Å². The maximum Gasteiger partial charge on any atom is 0.315 e. The molecule has 1 atom stereocenters. The van der Waals surface area contributed by atoms with E-state index in [-0.39, 0.29) is 12.1 Å². The Morgan fingerprint density at radius 2 is 2.29 bits per heavy atom. The van der Waals surface area contributed by atoms with Crippen molar-refractivity contribution in [2.75, 3.05) is 26.8 Å². The van der Waals surface area contributed by atoms with Crippen molar-refractivity contribution in [2.45, 2.75) is 25.8 Å². The highest BCUT2D eigenvalue weighted by molar-refractivity contribution is 5.74. The van der Waals surface area contributed by atoms with Gasteiger partial charge in [0, 0.05) is 13.7 Å². The van der Waals surface area contributed by atoms with Gasteiger partial charge < -0.3 is 21.1 Å². The van der Waals surface area contributed by atoms with Crippen molar-refractivity contribution in [1.82, 2.24) is 10.6 Å². The van der Waals surface area contributed by atoms with Crippen molar-refractivity contribution in [3.05, 3.63) is 0 Å². The molecule has 1 unspecified atom stereocenters. The smallest absolute Gasteiger partial charge is 0.315 e. The molecule has 5 nitrogen and oxygen atoms in total. The molecule has 0 aliphatic rings. The summed E-state index contributed by atoms with van der Waals surface area (Å²) in [4.78, 5) is 11.2. The molecule has 0 heterocycles. The number of hydrogen-bond acceptors (Lipinski definition) is 3. The number of rotatable bonds is 7.